The van der Waals surface area contributed by atoms with Crippen LogP contribution < -0.4 is 5.32 Å². The lowest BCUT2D eigenvalue weighted by molar-refractivity contribution is 0.177. The molecule has 2 amide bonds. The number of carbonyl (C=O) groups excluding carboxylic acids is 1. The van der Waals surface area contributed by atoms with Gasteiger partial charge in [-0.25, -0.2) is 14.8 Å². The Balaban J connectivity index is 1.71. The zero-order chi connectivity index (χ0) is 11.7. The van der Waals surface area contributed by atoms with Crippen molar-refractivity contribution >= 4 is 6.03 Å². The maximum atomic E-state index is 12.1. The molecule has 0 radical (unpaired) electrons. The fourth-order valence-corrected chi connectivity index (χ4v) is 2.40. The van der Waals surface area contributed by atoms with Gasteiger partial charge in [0, 0.05) is 38.6 Å². The normalized spacial score (nSPS) is 24.0. The van der Waals surface area contributed by atoms with E-state index in [1.165, 1.54) is 0 Å². The van der Waals surface area contributed by atoms with E-state index in [1.54, 1.807) is 18.5 Å². The summed E-state index contributed by atoms with van der Waals surface area (Å²) in [5.74, 6) is 0.702. The first-order valence-corrected chi connectivity index (χ1v) is 5.87. The number of hydrogen-bond acceptors (Lipinski definition) is 4. The van der Waals surface area contributed by atoms with Crippen molar-refractivity contribution in [1.29, 1.82) is 0 Å². The molecule has 6 heteroatoms. The summed E-state index contributed by atoms with van der Waals surface area (Å²) in [5.41, 5.74) is 0. The minimum atomic E-state index is 0.115. The highest BCUT2D eigenvalue weighted by molar-refractivity contribution is 5.77. The first-order chi connectivity index (χ1) is 8.34. The zero-order valence-corrected chi connectivity index (χ0v) is 9.54. The molecular formula is C11H15N5O. The van der Waals surface area contributed by atoms with Crippen molar-refractivity contribution in [3.05, 3.63) is 24.3 Å². The number of fused-ring (bicyclic) bond motifs is 1. The number of carbonyl (C=O) groups is 1. The minimum Gasteiger partial charge on any atom is -0.317 e. The average molecular weight is 233 g/mol. The van der Waals surface area contributed by atoms with Crippen LogP contribution in [0.5, 0.6) is 0 Å². The highest BCUT2D eigenvalue weighted by Gasteiger charge is 2.38. The van der Waals surface area contributed by atoms with Crippen molar-refractivity contribution in [2.75, 3.05) is 26.2 Å². The number of aromatic nitrogens is 2. The van der Waals surface area contributed by atoms with Gasteiger partial charge < -0.3 is 15.1 Å². The lowest BCUT2D eigenvalue weighted by Gasteiger charge is -2.28. The molecular weight excluding hydrogens is 218 g/mol. The Morgan fingerprint density at radius 1 is 1.41 bits per heavy atom. The summed E-state index contributed by atoms with van der Waals surface area (Å²) in [4.78, 5) is 24.2. The zero-order valence-electron chi connectivity index (χ0n) is 9.54. The second-order valence-electron chi connectivity index (χ2n) is 4.38. The first kappa shape index (κ1) is 10.5. The summed E-state index contributed by atoms with van der Waals surface area (Å²) in [6.07, 6.45) is 3.41. The standard InChI is InChI=1S/C11H15N5O/c17-11-15(8-10-13-2-1-3-14-10)7-9-6-12-4-5-16(9)11/h1-3,9,12H,4-8H2. The van der Waals surface area contributed by atoms with E-state index in [9.17, 15) is 4.79 Å². The Morgan fingerprint density at radius 3 is 3.00 bits per heavy atom. The van der Waals surface area contributed by atoms with E-state index < -0.39 is 0 Å². The molecule has 17 heavy (non-hydrogen) atoms. The van der Waals surface area contributed by atoms with Crippen molar-refractivity contribution < 1.29 is 4.79 Å². The second-order valence-corrected chi connectivity index (χ2v) is 4.38. The van der Waals surface area contributed by atoms with E-state index in [4.69, 9.17) is 0 Å². The highest BCUT2D eigenvalue weighted by Crippen LogP contribution is 2.18. The van der Waals surface area contributed by atoms with E-state index in [-0.39, 0.29) is 6.03 Å². The monoisotopic (exact) mass is 233 g/mol. The number of hydrogen-bond donors (Lipinski definition) is 1. The van der Waals surface area contributed by atoms with E-state index >= 15 is 0 Å². The highest BCUT2D eigenvalue weighted by atomic mass is 16.2. The van der Waals surface area contributed by atoms with Crippen molar-refractivity contribution in [3.8, 4) is 0 Å². The van der Waals surface area contributed by atoms with Gasteiger partial charge in [0.25, 0.3) is 0 Å². The van der Waals surface area contributed by atoms with Crippen LogP contribution >= 0.6 is 0 Å². The molecule has 6 nitrogen and oxygen atoms in total. The average Bonchev–Trinajstić information content (AvgIpc) is 2.68. The van der Waals surface area contributed by atoms with Gasteiger partial charge in [-0.1, -0.05) is 0 Å². The molecule has 0 aliphatic carbocycles. The molecule has 90 valence electrons. The smallest absolute Gasteiger partial charge is 0.317 e. The lowest BCUT2D eigenvalue weighted by Crippen LogP contribution is -2.49. The number of piperazine rings is 1. The molecule has 0 bridgehead atoms. The maximum absolute atomic E-state index is 12.1. The van der Waals surface area contributed by atoms with Gasteiger partial charge in [0.15, 0.2) is 0 Å². The van der Waals surface area contributed by atoms with Crippen LogP contribution in [0.2, 0.25) is 0 Å². The van der Waals surface area contributed by atoms with Crippen LogP contribution in [0.3, 0.4) is 0 Å². The maximum Gasteiger partial charge on any atom is 0.320 e. The molecule has 0 aromatic carbocycles. The molecule has 2 fully saturated rings. The molecule has 3 heterocycles. The largest absolute Gasteiger partial charge is 0.320 e. The van der Waals surface area contributed by atoms with Gasteiger partial charge in [0.2, 0.25) is 0 Å². The van der Waals surface area contributed by atoms with Crippen LogP contribution in [-0.2, 0) is 6.54 Å². The summed E-state index contributed by atoms with van der Waals surface area (Å²) in [6.45, 7) is 3.85. The molecule has 3 rings (SSSR count). The van der Waals surface area contributed by atoms with Gasteiger partial charge >= 0.3 is 6.03 Å². The van der Waals surface area contributed by atoms with Crippen LogP contribution in [-0.4, -0.2) is 58.0 Å². The van der Waals surface area contributed by atoms with Crippen molar-refractivity contribution in [2.24, 2.45) is 0 Å². The molecule has 0 spiro atoms. The summed E-state index contributed by atoms with van der Waals surface area (Å²) in [5, 5.41) is 3.31. The SMILES string of the molecule is O=C1N(Cc2ncccn2)CC2CNCCN12. The van der Waals surface area contributed by atoms with Gasteiger partial charge in [-0.15, -0.1) is 0 Å². The van der Waals surface area contributed by atoms with E-state index in [2.05, 4.69) is 15.3 Å². The predicted octanol–water partition coefficient (Wildman–Crippen LogP) is -0.314. The first-order valence-electron chi connectivity index (χ1n) is 5.87. The third-order valence-corrected chi connectivity index (χ3v) is 3.25. The predicted molar refractivity (Wildman–Crippen MR) is 61.2 cm³/mol. The second kappa shape index (κ2) is 4.29. The lowest BCUT2D eigenvalue weighted by atomic mass is 10.2. The van der Waals surface area contributed by atoms with Crippen molar-refractivity contribution in [1.82, 2.24) is 25.1 Å². The Labute approximate surface area is 99.6 Å². The quantitative estimate of drug-likeness (QED) is 0.761. The Bertz CT molecular complexity index is 410. The molecule has 1 unspecified atom stereocenters. The van der Waals surface area contributed by atoms with E-state index in [1.807, 2.05) is 9.80 Å². The molecule has 1 N–H and O–H groups in total. The number of nitrogens with zero attached hydrogens (tertiary/aromatic N) is 4. The van der Waals surface area contributed by atoms with Gasteiger partial charge in [0.1, 0.15) is 5.82 Å². The number of amides is 2. The van der Waals surface area contributed by atoms with Crippen LogP contribution in [0.15, 0.2) is 18.5 Å². The fourth-order valence-electron chi connectivity index (χ4n) is 2.40. The Hall–Kier alpha value is -1.69. The topological polar surface area (TPSA) is 61.4 Å². The molecule has 2 aliphatic rings. The summed E-state index contributed by atoms with van der Waals surface area (Å²) in [7, 11) is 0. The summed E-state index contributed by atoms with van der Waals surface area (Å²) in [6, 6.07) is 2.20. The van der Waals surface area contributed by atoms with Crippen LogP contribution in [0.25, 0.3) is 0 Å². The Kier molecular flexibility index (Phi) is 2.64. The molecule has 1 atom stereocenters. The molecule has 2 aliphatic heterocycles. The number of rotatable bonds is 2. The van der Waals surface area contributed by atoms with E-state index in [0.717, 1.165) is 26.2 Å². The van der Waals surface area contributed by atoms with Gasteiger partial charge in [-0.2, -0.15) is 0 Å². The van der Waals surface area contributed by atoms with Crippen LogP contribution in [0, 0.1) is 0 Å². The number of nitrogens with one attached hydrogen (secondary N) is 1. The van der Waals surface area contributed by atoms with Crippen LogP contribution in [0.1, 0.15) is 5.82 Å². The van der Waals surface area contributed by atoms with Crippen molar-refractivity contribution in [2.45, 2.75) is 12.6 Å². The summed E-state index contributed by atoms with van der Waals surface area (Å²) >= 11 is 0. The third kappa shape index (κ3) is 1.95. The van der Waals surface area contributed by atoms with Crippen molar-refractivity contribution in [3.63, 3.8) is 0 Å². The minimum absolute atomic E-state index is 0.115. The Morgan fingerprint density at radius 2 is 2.24 bits per heavy atom. The third-order valence-electron chi connectivity index (χ3n) is 3.25. The van der Waals surface area contributed by atoms with Crippen LogP contribution in [0.4, 0.5) is 4.79 Å². The molecule has 2 saturated heterocycles. The molecule has 1 aromatic heterocycles. The number of urea groups is 1. The molecule has 0 saturated carbocycles. The summed E-state index contributed by atoms with van der Waals surface area (Å²) < 4.78 is 0. The van der Waals surface area contributed by atoms with E-state index in [0.29, 0.717) is 18.4 Å². The van der Waals surface area contributed by atoms with Gasteiger partial charge in [0.05, 0.1) is 12.6 Å². The van der Waals surface area contributed by atoms with Gasteiger partial charge in [-0.3, -0.25) is 0 Å². The fraction of sp³-hybridized carbons (Fsp3) is 0.545. The van der Waals surface area contributed by atoms with Gasteiger partial charge in [-0.05, 0) is 6.07 Å². The molecule has 1 aromatic rings.